The van der Waals surface area contributed by atoms with Crippen LogP contribution in [-0.2, 0) is 13.8 Å². The molecule has 0 bridgehead atoms. The van der Waals surface area contributed by atoms with Crippen molar-refractivity contribution >= 4 is 19.7 Å². The van der Waals surface area contributed by atoms with Crippen LogP contribution in [0.1, 0.15) is 5.56 Å². The second-order valence-electron chi connectivity index (χ2n) is 3.51. The van der Waals surface area contributed by atoms with E-state index in [1.165, 1.54) is 25.1 Å². The van der Waals surface area contributed by atoms with Gasteiger partial charge in [-0.25, -0.2) is 8.42 Å². The van der Waals surface area contributed by atoms with Crippen LogP contribution < -0.4 is 4.74 Å². The van der Waals surface area contributed by atoms with E-state index in [4.69, 9.17) is 15.4 Å². The van der Waals surface area contributed by atoms with Crippen LogP contribution >= 0.6 is 10.7 Å². The zero-order valence-electron chi connectivity index (χ0n) is 9.70. The first-order valence-electron chi connectivity index (χ1n) is 4.98. The van der Waals surface area contributed by atoms with Crippen molar-refractivity contribution in [2.75, 3.05) is 13.2 Å². The predicted octanol–water partition coefficient (Wildman–Crippen LogP) is 2.84. The van der Waals surface area contributed by atoms with Crippen LogP contribution in [0.5, 0.6) is 5.75 Å². The van der Waals surface area contributed by atoms with Gasteiger partial charge in [-0.2, -0.15) is 0 Å². The molecule has 0 radical (unpaired) electrons. The molecule has 0 aliphatic rings. The second kappa shape index (κ2) is 5.98. The van der Waals surface area contributed by atoms with Gasteiger partial charge in [0.25, 0.3) is 9.05 Å². The second-order valence-corrected chi connectivity index (χ2v) is 6.04. The van der Waals surface area contributed by atoms with Gasteiger partial charge >= 0.3 is 6.36 Å². The van der Waals surface area contributed by atoms with E-state index in [-0.39, 0.29) is 17.3 Å². The van der Waals surface area contributed by atoms with Gasteiger partial charge in [0.2, 0.25) is 0 Å². The molecule has 0 saturated heterocycles. The van der Waals surface area contributed by atoms with Crippen LogP contribution in [-0.4, -0.2) is 28.0 Å². The minimum Gasteiger partial charge on any atom is -0.491 e. The Balaban J connectivity index is 2.60. The maximum Gasteiger partial charge on any atom is 0.522 e. The summed E-state index contributed by atoms with van der Waals surface area (Å²) in [5, 5.41) is 0. The van der Waals surface area contributed by atoms with Gasteiger partial charge in [-0.15, -0.1) is 13.2 Å². The Morgan fingerprint density at radius 3 is 2.37 bits per heavy atom. The Labute approximate surface area is 112 Å². The summed E-state index contributed by atoms with van der Waals surface area (Å²) >= 11 is 0. The van der Waals surface area contributed by atoms with Gasteiger partial charge in [0.1, 0.15) is 12.4 Å². The predicted molar refractivity (Wildman–Crippen MR) is 61.7 cm³/mol. The van der Waals surface area contributed by atoms with Gasteiger partial charge in [0.05, 0.1) is 11.5 Å². The normalized spacial score (nSPS) is 12.5. The third-order valence-corrected chi connectivity index (χ3v) is 3.51. The van der Waals surface area contributed by atoms with Crippen LogP contribution in [0.2, 0.25) is 0 Å². The lowest BCUT2D eigenvalue weighted by Gasteiger charge is -2.10. The van der Waals surface area contributed by atoms with Crippen molar-refractivity contribution in [3.05, 3.63) is 23.8 Å². The van der Waals surface area contributed by atoms with E-state index < -0.39 is 22.0 Å². The maximum absolute atomic E-state index is 11.7. The standard InChI is InChI=1S/C10H10ClF3O4S/c1-7-6-8(2-3-9(7)19(11,15)16)17-4-5-18-10(12,13)14/h2-3,6H,4-5H2,1H3. The molecule has 19 heavy (non-hydrogen) atoms. The zero-order valence-corrected chi connectivity index (χ0v) is 11.3. The lowest BCUT2D eigenvalue weighted by atomic mass is 10.2. The number of halogens is 4. The van der Waals surface area contributed by atoms with Crippen molar-refractivity contribution in [2.45, 2.75) is 18.2 Å². The number of ether oxygens (including phenoxy) is 2. The number of alkyl halides is 3. The number of benzene rings is 1. The maximum atomic E-state index is 11.7. The molecule has 0 unspecified atom stereocenters. The summed E-state index contributed by atoms with van der Waals surface area (Å²) in [5.41, 5.74) is 0.337. The minimum atomic E-state index is -4.70. The molecular formula is C10H10ClF3O4S. The van der Waals surface area contributed by atoms with Crippen molar-refractivity contribution < 1.29 is 31.1 Å². The van der Waals surface area contributed by atoms with Crippen LogP contribution in [0.3, 0.4) is 0 Å². The summed E-state index contributed by atoms with van der Waals surface area (Å²) in [4.78, 5) is -0.0759. The Bertz CT molecular complexity index is 542. The molecule has 0 aliphatic carbocycles. The monoisotopic (exact) mass is 318 g/mol. The van der Waals surface area contributed by atoms with Crippen LogP contribution in [0, 0.1) is 6.92 Å². The van der Waals surface area contributed by atoms with E-state index in [1.54, 1.807) is 0 Å². The van der Waals surface area contributed by atoms with Crippen molar-refractivity contribution in [2.24, 2.45) is 0 Å². The summed E-state index contributed by atoms with van der Waals surface area (Å²) in [6, 6.07) is 3.89. The number of hydrogen-bond donors (Lipinski definition) is 0. The smallest absolute Gasteiger partial charge is 0.491 e. The summed E-state index contributed by atoms with van der Waals surface area (Å²) in [6.07, 6.45) is -4.70. The Morgan fingerprint density at radius 1 is 1.26 bits per heavy atom. The van der Waals surface area contributed by atoms with E-state index in [0.717, 1.165) is 0 Å². The van der Waals surface area contributed by atoms with E-state index >= 15 is 0 Å². The molecular weight excluding hydrogens is 309 g/mol. The molecule has 108 valence electrons. The average Bonchev–Trinajstić information content (AvgIpc) is 2.21. The van der Waals surface area contributed by atoms with Crippen molar-refractivity contribution in [3.63, 3.8) is 0 Å². The summed E-state index contributed by atoms with van der Waals surface area (Å²) in [6.45, 7) is 0.526. The van der Waals surface area contributed by atoms with E-state index in [1.807, 2.05) is 0 Å². The van der Waals surface area contributed by atoms with Gasteiger partial charge in [0, 0.05) is 10.7 Å². The molecule has 0 heterocycles. The molecule has 0 saturated carbocycles. The van der Waals surface area contributed by atoms with Crippen LogP contribution in [0.4, 0.5) is 13.2 Å². The summed E-state index contributed by atoms with van der Waals surface area (Å²) < 4.78 is 65.7. The molecule has 0 aliphatic heterocycles. The molecule has 0 spiro atoms. The molecule has 9 heteroatoms. The number of aryl methyl sites for hydroxylation is 1. The van der Waals surface area contributed by atoms with E-state index in [2.05, 4.69) is 4.74 Å². The first-order valence-corrected chi connectivity index (χ1v) is 7.29. The van der Waals surface area contributed by atoms with Gasteiger partial charge in [0.15, 0.2) is 0 Å². The SMILES string of the molecule is Cc1cc(OCCOC(F)(F)F)ccc1S(=O)(=O)Cl. The minimum absolute atomic E-state index is 0.0759. The van der Waals surface area contributed by atoms with Gasteiger partial charge in [-0.05, 0) is 30.7 Å². The highest BCUT2D eigenvalue weighted by molar-refractivity contribution is 8.13. The van der Waals surface area contributed by atoms with Gasteiger partial charge in [-0.3, -0.25) is 4.74 Å². The largest absolute Gasteiger partial charge is 0.522 e. The topological polar surface area (TPSA) is 52.6 Å². The Morgan fingerprint density at radius 2 is 1.89 bits per heavy atom. The first-order chi connectivity index (χ1) is 8.59. The van der Waals surface area contributed by atoms with Crippen LogP contribution in [0.25, 0.3) is 0 Å². The molecule has 0 aromatic heterocycles. The third kappa shape index (κ3) is 5.66. The Hall–Kier alpha value is -0.990. The number of rotatable bonds is 5. The lowest BCUT2D eigenvalue weighted by molar-refractivity contribution is -0.325. The molecule has 0 atom stereocenters. The first kappa shape index (κ1) is 16.1. The zero-order chi connectivity index (χ0) is 14.7. The fourth-order valence-corrected chi connectivity index (χ4v) is 2.50. The van der Waals surface area contributed by atoms with E-state index in [0.29, 0.717) is 5.56 Å². The van der Waals surface area contributed by atoms with Crippen molar-refractivity contribution in [3.8, 4) is 5.75 Å². The third-order valence-electron chi connectivity index (χ3n) is 2.03. The average molecular weight is 319 g/mol. The van der Waals surface area contributed by atoms with Crippen molar-refractivity contribution in [1.82, 2.24) is 0 Å². The summed E-state index contributed by atoms with van der Waals surface area (Å²) in [5.74, 6) is 0.229. The highest BCUT2D eigenvalue weighted by atomic mass is 35.7. The molecule has 1 rings (SSSR count). The lowest BCUT2D eigenvalue weighted by Crippen LogP contribution is -2.18. The molecule has 1 aromatic carbocycles. The van der Waals surface area contributed by atoms with Gasteiger partial charge in [-0.1, -0.05) is 0 Å². The van der Waals surface area contributed by atoms with Crippen molar-refractivity contribution in [1.29, 1.82) is 0 Å². The molecule has 0 N–H and O–H groups in total. The number of hydrogen-bond acceptors (Lipinski definition) is 4. The molecule has 4 nitrogen and oxygen atoms in total. The highest BCUT2D eigenvalue weighted by Crippen LogP contribution is 2.24. The summed E-state index contributed by atoms with van der Waals surface area (Å²) in [7, 11) is 1.33. The van der Waals surface area contributed by atoms with E-state index in [9.17, 15) is 21.6 Å². The molecule has 1 aromatic rings. The quantitative estimate of drug-likeness (QED) is 0.619. The fourth-order valence-electron chi connectivity index (χ4n) is 1.30. The Kier molecular flexibility index (Phi) is 5.05. The van der Waals surface area contributed by atoms with Crippen LogP contribution in [0.15, 0.2) is 23.1 Å². The highest BCUT2D eigenvalue weighted by Gasteiger charge is 2.28. The molecule has 0 fully saturated rings. The van der Waals surface area contributed by atoms with Gasteiger partial charge < -0.3 is 4.74 Å². The molecule has 0 amide bonds. The fraction of sp³-hybridized carbons (Fsp3) is 0.400.